The van der Waals surface area contributed by atoms with Crippen LogP contribution in [-0.2, 0) is 5.60 Å². The van der Waals surface area contributed by atoms with Gasteiger partial charge in [0, 0.05) is 31.0 Å². The monoisotopic (exact) mass is 488 g/mol. The van der Waals surface area contributed by atoms with Gasteiger partial charge in [-0.2, -0.15) is 0 Å². The summed E-state index contributed by atoms with van der Waals surface area (Å²) in [6.45, 7) is 14.6. The van der Waals surface area contributed by atoms with E-state index in [1.54, 1.807) is 6.92 Å². The number of halogens is 1. The molecule has 0 aromatic heterocycles. The number of hydrogen-bond acceptors (Lipinski definition) is 4. The van der Waals surface area contributed by atoms with E-state index in [2.05, 4.69) is 66.6 Å². The Hall–Kier alpha value is -3.15. The molecule has 0 bridgehead atoms. The second-order valence-corrected chi connectivity index (χ2v) is 10.2. The third-order valence-corrected chi connectivity index (χ3v) is 6.73. The Morgan fingerprint density at radius 2 is 1.72 bits per heavy atom. The van der Waals surface area contributed by atoms with Gasteiger partial charge in [0.1, 0.15) is 11.6 Å². The molecule has 5 heteroatoms. The normalized spacial score (nSPS) is 18.2. The molecule has 0 aliphatic carbocycles. The van der Waals surface area contributed by atoms with Gasteiger partial charge in [-0.1, -0.05) is 49.4 Å². The van der Waals surface area contributed by atoms with Crippen molar-refractivity contribution in [2.45, 2.75) is 45.8 Å². The lowest BCUT2D eigenvalue weighted by Crippen LogP contribution is -2.50. The number of anilines is 1. The molecule has 1 N–H and O–H groups in total. The first-order valence-corrected chi connectivity index (χ1v) is 12.6. The summed E-state index contributed by atoms with van der Waals surface area (Å²) in [5, 5.41) is 11.4. The second kappa shape index (κ2) is 10.9. The lowest BCUT2D eigenvalue weighted by Gasteiger charge is -2.46. The van der Waals surface area contributed by atoms with Crippen molar-refractivity contribution >= 4 is 5.69 Å². The van der Waals surface area contributed by atoms with Gasteiger partial charge in [0.25, 0.3) is 0 Å². The first-order valence-electron chi connectivity index (χ1n) is 12.6. The van der Waals surface area contributed by atoms with Crippen molar-refractivity contribution in [1.82, 2.24) is 4.90 Å². The molecule has 4 rings (SSSR count). The zero-order chi connectivity index (χ0) is 25.9. The summed E-state index contributed by atoms with van der Waals surface area (Å²) in [5.74, 6) is 0.529. The second-order valence-electron chi connectivity index (χ2n) is 10.2. The third kappa shape index (κ3) is 5.97. The van der Waals surface area contributed by atoms with Crippen LogP contribution < -0.4 is 9.64 Å². The van der Waals surface area contributed by atoms with Crippen LogP contribution in [0.3, 0.4) is 0 Å². The summed E-state index contributed by atoms with van der Waals surface area (Å²) in [5.41, 5.74) is 4.57. The minimum atomic E-state index is -1.20. The maximum absolute atomic E-state index is 14.1. The quantitative estimate of drug-likeness (QED) is 0.392. The summed E-state index contributed by atoms with van der Waals surface area (Å²) >= 11 is 0. The molecule has 36 heavy (non-hydrogen) atoms. The number of aryl methyl sites for hydroxylation is 2. The fraction of sp³-hybridized carbons (Fsp3) is 0.355. The van der Waals surface area contributed by atoms with Crippen molar-refractivity contribution in [3.8, 4) is 5.75 Å². The summed E-state index contributed by atoms with van der Waals surface area (Å²) in [7, 11) is 0. The number of rotatable bonds is 8. The van der Waals surface area contributed by atoms with E-state index in [9.17, 15) is 9.50 Å². The number of ether oxygens (including phenoxy) is 1. The molecular weight excluding hydrogens is 451 g/mol. The van der Waals surface area contributed by atoms with E-state index in [0.717, 1.165) is 29.1 Å². The summed E-state index contributed by atoms with van der Waals surface area (Å²) in [4.78, 5) is 4.49. The molecule has 1 heterocycles. The van der Waals surface area contributed by atoms with Crippen LogP contribution in [0, 0.1) is 19.7 Å². The van der Waals surface area contributed by atoms with Gasteiger partial charge in [-0.3, -0.25) is 4.90 Å². The predicted octanol–water partition coefficient (Wildman–Crippen LogP) is 6.52. The Labute approximate surface area is 214 Å². The van der Waals surface area contributed by atoms with E-state index in [1.807, 2.05) is 25.1 Å². The van der Waals surface area contributed by atoms with Crippen LogP contribution in [0.15, 0.2) is 79.0 Å². The molecular formula is C31H37FN2O2. The molecule has 2 atom stereocenters. The van der Waals surface area contributed by atoms with Gasteiger partial charge >= 0.3 is 0 Å². The number of piperazine rings is 1. The van der Waals surface area contributed by atoms with E-state index in [1.165, 1.54) is 23.3 Å². The van der Waals surface area contributed by atoms with Gasteiger partial charge in [0.05, 0.1) is 18.2 Å². The first-order chi connectivity index (χ1) is 17.2. The standard InChI is InChI=1S/C31H37FN2O2/c1-6-15-36-29-13-11-28(12-14-29)34-24(4)19-33(20-30(34)25-9-7-22(2)8-10-25)21-31(5,35)26-16-23(3)17-27(32)18-26/h7-14,16-18,30,35H,4,6,15,19-21H2,1-3,5H3/t30-,31?/m0/s1. The van der Waals surface area contributed by atoms with Crippen molar-refractivity contribution < 1.29 is 14.2 Å². The van der Waals surface area contributed by atoms with Gasteiger partial charge in [0.15, 0.2) is 0 Å². The molecule has 1 unspecified atom stereocenters. The van der Waals surface area contributed by atoms with Crippen molar-refractivity contribution in [1.29, 1.82) is 0 Å². The molecule has 0 saturated carbocycles. The van der Waals surface area contributed by atoms with Crippen LogP contribution in [0.5, 0.6) is 5.75 Å². The highest BCUT2D eigenvalue weighted by Gasteiger charge is 2.35. The number of β-amino-alcohol motifs (C(OH)–C–C–N with tert-alkyl or cyclic N) is 1. The van der Waals surface area contributed by atoms with Crippen molar-refractivity contribution in [3.63, 3.8) is 0 Å². The summed E-state index contributed by atoms with van der Waals surface area (Å²) in [6.07, 6.45) is 0.967. The molecule has 0 spiro atoms. The van der Waals surface area contributed by atoms with Crippen LogP contribution in [-0.4, -0.2) is 36.2 Å². The van der Waals surface area contributed by atoms with Crippen molar-refractivity contribution in [2.24, 2.45) is 0 Å². The Balaban J connectivity index is 1.62. The molecule has 1 aliphatic heterocycles. The van der Waals surface area contributed by atoms with Crippen LogP contribution in [0.25, 0.3) is 0 Å². The van der Waals surface area contributed by atoms with E-state index >= 15 is 0 Å². The van der Waals surface area contributed by atoms with E-state index in [0.29, 0.717) is 31.8 Å². The maximum Gasteiger partial charge on any atom is 0.123 e. The zero-order valence-corrected chi connectivity index (χ0v) is 21.8. The van der Waals surface area contributed by atoms with E-state index in [4.69, 9.17) is 4.74 Å². The van der Waals surface area contributed by atoms with Crippen LogP contribution in [0.2, 0.25) is 0 Å². The average Bonchev–Trinajstić information content (AvgIpc) is 2.82. The average molecular weight is 489 g/mol. The van der Waals surface area contributed by atoms with Gasteiger partial charge in [-0.05, 0) is 80.3 Å². The van der Waals surface area contributed by atoms with Crippen molar-refractivity contribution in [2.75, 3.05) is 31.1 Å². The minimum absolute atomic E-state index is 0.0132. The topological polar surface area (TPSA) is 35.9 Å². The maximum atomic E-state index is 14.1. The van der Waals surface area contributed by atoms with Gasteiger partial charge < -0.3 is 14.7 Å². The number of aliphatic hydroxyl groups is 1. The molecule has 0 radical (unpaired) electrons. The molecule has 0 amide bonds. The largest absolute Gasteiger partial charge is 0.494 e. The lowest BCUT2D eigenvalue weighted by atomic mass is 9.92. The molecule has 3 aromatic carbocycles. The van der Waals surface area contributed by atoms with Crippen LogP contribution >= 0.6 is 0 Å². The molecule has 3 aromatic rings. The lowest BCUT2D eigenvalue weighted by molar-refractivity contribution is 0.0132. The Morgan fingerprint density at radius 3 is 2.36 bits per heavy atom. The molecule has 1 fully saturated rings. The Kier molecular flexibility index (Phi) is 7.82. The fourth-order valence-electron chi connectivity index (χ4n) is 4.97. The number of hydrogen-bond donors (Lipinski definition) is 1. The van der Waals surface area contributed by atoms with Gasteiger partial charge in [0.2, 0.25) is 0 Å². The van der Waals surface area contributed by atoms with Crippen molar-refractivity contribution in [3.05, 3.63) is 107 Å². The van der Waals surface area contributed by atoms with Gasteiger partial charge in [-0.25, -0.2) is 4.39 Å². The number of benzene rings is 3. The molecule has 1 aliphatic rings. The molecule has 1 saturated heterocycles. The van der Waals surface area contributed by atoms with E-state index in [-0.39, 0.29) is 11.9 Å². The smallest absolute Gasteiger partial charge is 0.123 e. The molecule has 4 nitrogen and oxygen atoms in total. The highest BCUT2D eigenvalue weighted by Crippen LogP contribution is 2.37. The Morgan fingerprint density at radius 1 is 1.03 bits per heavy atom. The van der Waals surface area contributed by atoms with Gasteiger partial charge in [-0.15, -0.1) is 0 Å². The van der Waals surface area contributed by atoms with Crippen LogP contribution in [0.4, 0.5) is 10.1 Å². The summed E-state index contributed by atoms with van der Waals surface area (Å²) in [6, 6.07) is 21.5. The third-order valence-electron chi connectivity index (χ3n) is 6.73. The van der Waals surface area contributed by atoms with Crippen LogP contribution in [0.1, 0.15) is 48.6 Å². The first kappa shape index (κ1) is 25.9. The van der Waals surface area contributed by atoms with E-state index < -0.39 is 5.60 Å². The minimum Gasteiger partial charge on any atom is -0.494 e. The molecule has 190 valence electrons. The Bertz CT molecular complexity index is 1170. The predicted molar refractivity (Wildman–Crippen MR) is 145 cm³/mol. The zero-order valence-electron chi connectivity index (χ0n) is 21.8. The SMILES string of the molecule is C=C1CN(CC(C)(O)c2cc(C)cc(F)c2)C[C@@H](c2ccc(C)cc2)N1c1ccc(OCCC)cc1. The summed E-state index contributed by atoms with van der Waals surface area (Å²) < 4.78 is 19.9. The number of nitrogens with zero attached hydrogens (tertiary/aromatic N) is 2. The highest BCUT2D eigenvalue weighted by molar-refractivity contribution is 5.57. The highest BCUT2D eigenvalue weighted by atomic mass is 19.1. The fourth-order valence-corrected chi connectivity index (χ4v) is 4.97.